The predicted octanol–water partition coefficient (Wildman–Crippen LogP) is 2.77. The van der Waals surface area contributed by atoms with Gasteiger partial charge >= 0.3 is 5.92 Å². The van der Waals surface area contributed by atoms with E-state index in [0.717, 1.165) is 17.8 Å². The molecule has 0 aliphatic carbocycles. The number of aromatic amines is 1. The molecule has 3 rings (SSSR count). The molecule has 1 amide bonds. The van der Waals surface area contributed by atoms with Gasteiger partial charge in [-0.05, 0) is 0 Å². The van der Waals surface area contributed by atoms with Crippen molar-refractivity contribution in [3.63, 3.8) is 0 Å². The number of halogens is 2. The summed E-state index contributed by atoms with van der Waals surface area (Å²) in [6, 6.07) is 6.82. The largest absolute Gasteiger partial charge is 0.382 e. The van der Waals surface area contributed by atoms with E-state index in [1.165, 1.54) is 30.3 Å². The minimum absolute atomic E-state index is 0.123. The number of thioether (sulfide) groups is 1. The van der Waals surface area contributed by atoms with Gasteiger partial charge in [0.25, 0.3) is 5.24 Å². The molecule has 2 aromatic rings. The number of nitrogens with one attached hydrogen (secondary N) is 1. The molecule has 1 fully saturated rings. The number of aryl methyl sites for hydroxylation is 1. The maximum Gasteiger partial charge on any atom is 0.302 e. The molecule has 1 aliphatic rings. The zero-order valence-corrected chi connectivity index (χ0v) is 16.9. The van der Waals surface area contributed by atoms with Crippen LogP contribution >= 0.6 is 11.8 Å². The van der Waals surface area contributed by atoms with Gasteiger partial charge in [-0.2, -0.15) is 14.0 Å². The number of nitrogens with zero attached hydrogens (tertiary/aromatic N) is 4. The van der Waals surface area contributed by atoms with Crippen molar-refractivity contribution in [2.24, 2.45) is 0 Å². The zero-order chi connectivity index (χ0) is 21.4. The van der Waals surface area contributed by atoms with Gasteiger partial charge in [0.05, 0.1) is 6.04 Å². The fraction of sp³-hybridized carbons (Fsp3) is 0.400. The number of aromatic nitrogens is 4. The van der Waals surface area contributed by atoms with E-state index >= 15 is 0 Å². The van der Waals surface area contributed by atoms with Crippen molar-refractivity contribution >= 4 is 17.0 Å². The molecule has 0 saturated carbocycles. The van der Waals surface area contributed by atoms with Crippen molar-refractivity contribution in [3.05, 3.63) is 53.9 Å². The first kappa shape index (κ1) is 21.9. The number of amides is 1. The molecular formula is C20H21F2N5O2S. The normalized spacial score (nSPS) is 17.9. The summed E-state index contributed by atoms with van der Waals surface area (Å²) >= 11 is 1.13. The number of alkyl halides is 2. The Balaban J connectivity index is 1.51. The van der Waals surface area contributed by atoms with Crippen LogP contribution in [0.3, 0.4) is 0 Å². The maximum atomic E-state index is 14.4. The molecule has 0 spiro atoms. The number of hydrogen-bond acceptors (Lipinski definition) is 6. The van der Waals surface area contributed by atoms with Gasteiger partial charge in [0.15, 0.2) is 5.82 Å². The van der Waals surface area contributed by atoms with Gasteiger partial charge in [-0.25, -0.2) is 0 Å². The molecule has 2 N–H and O–H groups in total. The molecule has 10 heteroatoms. The van der Waals surface area contributed by atoms with E-state index in [0.29, 0.717) is 37.4 Å². The van der Waals surface area contributed by atoms with Crippen molar-refractivity contribution in [1.82, 2.24) is 25.5 Å². The van der Waals surface area contributed by atoms with Crippen LogP contribution in [0.1, 0.15) is 24.2 Å². The summed E-state index contributed by atoms with van der Waals surface area (Å²) in [6.07, 6.45) is 2.19. The van der Waals surface area contributed by atoms with Gasteiger partial charge < -0.3 is 10.0 Å². The highest BCUT2D eigenvalue weighted by molar-refractivity contribution is 8.13. The number of hydrogen-bond donors (Lipinski definition) is 2. The fourth-order valence-electron chi connectivity index (χ4n) is 2.88. The monoisotopic (exact) mass is 433 g/mol. The summed E-state index contributed by atoms with van der Waals surface area (Å²) in [6.45, 7) is 0.390. The Kier molecular flexibility index (Phi) is 7.54. The lowest BCUT2D eigenvalue weighted by Crippen LogP contribution is -2.34. The summed E-state index contributed by atoms with van der Waals surface area (Å²) in [7, 11) is 0. The Labute approximate surface area is 176 Å². The van der Waals surface area contributed by atoms with Gasteiger partial charge in [-0.1, -0.05) is 59.5 Å². The summed E-state index contributed by atoms with van der Waals surface area (Å²) in [5.74, 6) is 3.61. The van der Waals surface area contributed by atoms with Crippen molar-refractivity contribution < 1.29 is 18.7 Å². The van der Waals surface area contributed by atoms with Gasteiger partial charge in [0.2, 0.25) is 0 Å². The lowest BCUT2D eigenvalue weighted by molar-refractivity contribution is -0.0929. The number of carbonyl (C=O) groups is 1. The highest BCUT2D eigenvalue weighted by Crippen LogP contribution is 2.33. The van der Waals surface area contributed by atoms with E-state index in [4.69, 9.17) is 0 Å². The topological polar surface area (TPSA) is 95.0 Å². The minimum atomic E-state index is -3.41. The molecule has 0 radical (unpaired) electrons. The Hall–Kier alpha value is -2.77. The van der Waals surface area contributed by atoms with E-state index < -0.39 is 12.0 Å². The predicted molar refractivity (Wildman–Crippen MR) is 109 cm³/mol. The third-order valence-corrected chi connectivity index (χ3v) is 5.51. The number of rotatable bonds is 8. The van der Waals surface area contributed by atoms with Crippen molar-refractivity contribution in [2.75, 3.05) is 12.3 Å². The lowest BCUT2D eigenvalue weighted by Gasteiger charge is -2.23. The molecule has 2 atom stereocenters. The molecule has 2 unspecified atom stereocenters. The molecule has 158 valence electrons. The van der Waals surface area contributed by atoms with Crippen LogP contribution < -0.4 is 0 Å². The number of H-pyrrole nitrogens is 1. The van der Waals surface area contributed by atoms with Crippen LogP contribution in [0, 0.1) is 11.8 Å². The fourth-order valence-corrected chi connectivity index (χ4v) is 3.88. The van der Waals surface area contributed by atoms with E-state index in [1.807, 2.05) is 0 Å². The SMILES string of the molecule is O=C1SCC(C=CC(O)C(F)(F)c2ccccc2)N1CCC#CCCc1nn[nH]n1. The molecule has 2 heterocycles. The Morgan fingerprint density at radius 3 is 2.83 bits per heavy atom. The molecule has 7 nitrogen and oxygen atoms in total. The zero-order valence-electron chi connectivity index (χ0n) is 16.0. The Morgan fingerprint density at radius 1 is 1.33 bits per heavy atom. The first-order valence-electron chi connectivity index (χ1n) is 9.39. The summed E-state index contributed by atoms with van der Waals surface area (Å²) in [5.41, 5.74) is -0.257. The second-order valence-electron chi connectivity index (χ2n) is 6.59. The summed E-state index contributed by atoms with van der Waals surface area (Å²) in [5, 5.41) is 23.4. The van der Waals surface area contributed by atoms with Crippen molar-refractivity contribution in [1.29, 1.82) is 0 Å². The van der Waals surface area contributed by atoms with Crippen LogP contribution in [0.2, 0.25) is 0 Å². The van der Waals surface area contributed by atoms with Gasteiger partial charge in [0.1, 0.15) is 6.10 Å². The molecule has 1 aromatic carbocycles. The number of benzene rings is 1. The van der Waals surface area contributed by atoms with E-state index in [-0.39, 0.29) is 16.8 Å². The third kappa shape index (κ3) is 5.64. The van der Waals surface area contributed by atoms with Gasteiger partial charge in [-0.15, -0.1) is 22.0 Å². The first-order valence-corrected chi connectivity index (χ1v) is 10.4. The molecule has 1 aromatic heterocycles. The molecule has 30 heavy (non-hydrogen) atoms. The second kappa shape index (κ2) is 10.3. The average Bonchev–Trinajstić information content (AvgIpc) is 3.39. The highest BCUT2D eigenvalue weighted by atomic mass is 32.2. The van der Waals surface area contributed by atoms with Crippen molar-refractivity contribution in [3.8, 4) is 11.8 Å². The smallest absolute Gasteiger partial charge is 0.302 e. The Bertz CT molecular complexity index is 912. The minimum Gasteiger partial charge on any atom is -0.382 e. The van der Waals surface area contributed by atoms with E-state index in [2.05, 4.69) is 32.5 Å². The van der Waals surface area contributed by atoms with E-state index in [1.54, 1.807) is 11.0 Å². The maximum absolute atomic E-state index is 14.4. The van der Waals surface area contributed by atoms with Crippen LogP contribution in [0.25, 0.3) is 0 Å². The highest BCUT2D eigenvalue weighted by Gasteiger charge is 2.39. The summed E-state index contributed by atoms with van der Waals surface area (Å²) in [4.78, 5) is 13.7. The number of carbonyl (C=O) groups excluding carboxylic acids is 1. The number of aliphatic hydroxyl groups is 1. The molecule has 1 aliphatic heterocycles. The summed E-state index contributed by atoms with van der Waals surface area (Å²) < 4.78 is 28.8. The Morgan fingerprint density at radius 2 is 2.10 bits per heavy atom. The van der Waals surface area contributed by atoms with E-state index in [9.17, 15) is 18.7 Å². The van der Waals surface area contributed by atoms with Gasteiger partial charge in [0, 0.05) is 37.1 Å². The third-order valence-electron chi connectivity index (χ3n) is 4.52. The standard InChI is InChI=1S/C20H21F2N5O2S/c21-20(22,15-8-4-3-5-9-15)17(28)12-11-16-14-30-19(29)27(16)13-7-2-1-6-10-18-23-25-26-24-18/h3-5,8-9,11-12,16-17,28H,6-7,10,13-14H2,(H,23,24,25,26). The van der Waals surface area contributed by atoms with Crippen LogP contribution in [-0.2, 0) is 12.3 Å². The lowest BCUT2D eigenvalue weighted by atomic mass is 10.0. The van der Waals surface area contributed by atoms with Crippen LogP contribution in [0.5, 0.6) is 0 Å². The molecular weight excluding hydrogens is 412 g/mol. The molecule has 1 saturated heterocycles. The average molecular weight is 433 g/mol. The van der Waals surface area contributed by atoms with Crippen molar-refractivity contribution in [2.45, 2.75) is 37.3 Å². The van der Waals surface area contributed by atoms with Gasteiger partial charge in [-0.3, -0.25) is 4.79 Å². The van der Waals surface area contributed by atoms with Crippen LogP contribution in [-0.4, -0.2) is 60.3 Å². The first-order chi connectivity index (χ1) is 14.5. The van der Waals surface area contributed by atoms with Crippen LogP contribution in [0.4, 0.5) is 13.6 Å². The van der Waals surface area contributed by atoms with Crippen LogP contribution in [0.15, 0.2) is 42.5 Å². The number of tetrazole rings is 1. The quantitative estimate of drug-likeness (QED) is 0.491. The number of aliphatic hydroxyl groups excluding tert-OH is 1. The second-order valence-corrected chi connectivity index (χ2v) is 7.56. The molecule has 0 bridgehead atoms.